The van der Waals surface area contributed by atoms with Crippen molar-refractivity contribution in [2.75, 3.05) is 20.2 Å². The Kier molecular flexibility index (Phi) is 21.1. The fourth-order valence-corrected chi connectivity index (χ4v) is 4.01. The van der Waals surface area contributed by atoms with Gasteiger partial charge in [-0.25, -0.2) is 0 Å². The van der Waals surface area contributed by atoms with Crippen LogP contribution in [0.2, 0.25) is 0 Å². The van der Waals surface area contributed by atoms with E-state index < -0.39 is 37.3 Å². The Morgan fingerprint density at radius 3 is 1.34 bits per heavy atom. The van der Waals surface area contributed by atoms with E-state index in [2.05, 4.69) is 6.92 Å². The van der Waals surface area contributed by atoms with Crippen LogP contribution in [0.25, 0.3) is 0 Å². The Morgan fingerprint density at radius 2 is 0.938 bits per heavy atom. The molecule has 0 aromatic rings. The first-order valence-corrected chi connectivity index (χ1v) is 13.1. The molecule has 7 heteroatoms. The molecular formula is C25H53NO6. The summed E-state index contributed by atoms with van der Waals surface area (Å²) >= 11 is 0. The molecule has 0 amide bonds. The molecule has 32 heavy (non-hydrogen) atoms. The summed E-state index contributed by atoms with van der Waals surface area (Å²) in [5.74, 6) is 0. The van der Waals surface area contributed by atoms with E-state index in [1.165, 1.54) is 88.4 Å². The zero-order chi connectivity index (χ0) is 24.2. The highest BCUT2D eigenvalue weighted by molar-refractivity contribution is 4.82. The molecule has 0 aliphatic rings. The van der Waals surface area contributed by atoms with Crippen LogP contribution in [0.5, 0.6) is 0 Å². The zero-order valence-corrected chi connectivity index (χ0v) is 20.7. The Morgan fingerprint density at radius 1 is 0.562 bits per heavy atom. The predicted octanol–water partition coefficient (Wildman–Crippen LogP) is 2.93. The van der Waals surface area contributed by atoms with Gasteiger partial charge in [0.05, 0.1) is 12.7 Å². The van der Waals surface area contributed by atoms with Gasteiger partial charge in [-0.15, -0.1) is 0 Å². The van der Waals surface area contributed by atoms with Crippen molar-refractivity contribution in [2.24, 2.45) is 0 Å². The van der Waals surface area contributed by atoms with Gasteiger partial charge in [-0.05, 0) is 19.9 Å². The van der Waals surface area contributed by atoms with Gasteiger partial charge >= 0.3 is 0 Å². The molecule has 0 spiro atoms. The quantitative estimate of drug-likeness (QED) is 0.102. The van der Waals surface area contributed by atoms with Crippen molar-refractivity contribution in [3.63, 3.8) is 0 Å². The summed E-state index contributed by atoms with van der Waals surface area (Å²) in [7, 11) is 1.64. The third kappa shape index (κ3) is 16.4. The lowest BCUT2D eigenvalue weighted by Crippen LogP contribution is -2.50. The number of likely N-dealkylation sites (N-methyl/N-ethyl adjacent to an activating group) is 1. The molecule has 0 aliphatic carbocycles. The van der Waals surface area contributed by atoms with Crippen molar-refractivity contribution >= 4 is 0 Å². The Bertz CT molecular complexity index is 401. The van der Waals surface area contributed by atoms with Gasteiger partial charge in [0, 0.05) is 6.54 Å². The molecular weight excluding hydrogens is 410 g/mol. The van der Waals surface area contributed by atoms with Crippen molar-refractivity contribution in [2.45, 2.75) is 140 Å². The van der Waals surface area contributed by atoms with Gasteiger partial charge in [0.25, 0.3) is 0 Å². The van der Waals surface area contributed by atoms with E-state index in [4.69, 9.17) is 5.11 Å². The van der Waals surface area contributed by atoms with Gasteiger partial charge in [-0.2, -0.15) is 0 Å². The van der Waals surface area contributed by atoms with Crippen molar-refractivity contribution < 1.29 is 30.6 Å². The largest absolute Gasteiger partial charge is 0.394 e. The lowest BCUT2D eigenvalue weighted by Gasteiger charge is -2.30. The van der Waals surface area contributed by atoms with E-state index in [0.29, 0.717) is 6.42 Å². The molecule has 0 heterocycles. The number of unbranched alkanes of at least 4 members (excludes halogenated alkanes) is 14. The van der Waals surface area contributed by atoms with E-state index in [9.17, 15) is 25.5 Å². The van der Waals surface area contributed by atoms with E-state index in [1.54, 1.807) is 7.05 Å². The maximum Gasteiger partial charge on any atom is 0.111 e. The molecule has 0 radical (unpaired) electrons. The molecule has 0 fully saturated rings. The molecule has 7 nitrogen and oxygen atoms in total. The third-order valence-electron chi connectivity index (χ3n) is 6.38. The van der Waals surface area contributed by atoms with Gasteiger partial charge < -0.3 is 30.6 Å². The Balaban J connectivity index is 3.61. The smallest absolute Gasteiger partial charge is 0.111 e. The molecule has 0 aromatic carbocycles. The molecule has 0 saturated carbocycles. The molecule has 5 atom stereocenters. The summed E-state index contributed by atoms with van der Waals surface area (Å²) in [6, 6.07) is 0. The first-order chi connectivity index (χ1) is 15.3. The monoisotopic (exact) mass is 463 g/mol. The van der Waals surface area contributed by atoms with Crippen LogP contribution in [-0.2, 0) is 0 Å². The second-order valence-electron chi connectivity index (χ2n) is 9.46. The van der Waals surface area contributed by atoms with Crippen LogP contribution in [0.4, 0.5) is 0 Å². The fraction of sp³-hybridized carbons (Fsp3) is 1.00. The fourth-order valence-electron chi connectivity index (χ4n) is 4.01. The highest BCUT2D eigenvalue weighted by Gasteiger charge is 2.31. The standard InChI is InChI=1S/C25H53NO6/c1-3-4-5-6-7-8-9-10-11-12-13-14-15-16-17-18-23(30)26(2)19-21(28)24(31)25(32)22(29)20-27/h21-25,27-32H,3-20H2,1-2H3/t21-,22+,23?,24+,25+/m0/s1. The van der Waals surface area contributed by atoms with Crippen LogP contribution in [0.3, 0.4) is 0 Å². The Labute approximate surface area is 196 Å². The molecule has 0 rings (SSSR count). The lowest BCUT2D eigenvalue weighted by atomic mass is 10.0. The van der Waals surface area contributed by atoms with E-state index in [0.717, 1.165) is 12.8 Å². The van der Waals surface area contributed by atoms with Crippen molar-refractivity contribution in [3.8, 4) is 0 Å². The van der Waals surface area contributed by atoms with Gasteiger partial charge in [0.15, 0.2) is 0 Å². The van der Waals surface area contributed by atoms with E-state index in [1.807, 2.05) is 0 Å². The average molecular weight is 464 g/mol. The molecule has 0 aromatic heterocycles. The van der Waals surface area contributed by atoms with Crippen molar-refractivity contribution in [1.29, 1.82) is 0 Å². The summed E-state index contributed by atoms with van der Waals surface area (Å²) < 4.78 is 0. The highest BCUT2D eigenvalue weighted by Crippen LogP contribution is 2.15. The first kappa shape index (κ1) is 31.7. The van der Waals surface area contributed by atoms with Crippen LogP contribution >= 0.6 is 0 Å². The minimum Gasteiger partial charge on any atom is -0.394 e. The SMILES string of the molecule is CCCCCCCCCCCCCCCCCC(O)N(C)C[C@H](O)[C@@H](O)[C@H](O)[C@H](O)CO. The van der Waals surface area contributed by atoms with Crippen LogP contribution < -0.4 is 0 Å². The average Bonchev–Trinajstić information content (AvgIpc) is 2.79. The van der Waals surface area contributed by atoms with E-state index >= 15 is 0 Å². The summed E-state index contributed by atoms with van der Waals surface area (Å²) in [6.07, 6.45) is 13.1. The number of nitrogens with zero attached hydrogens (tertiary/aromatic N) is 1. The van der Waals surface area contributed by atoms with Crippen molar-refractivity contribution in [1.82, 2.24) is 4.90 Å². The van der Waals surface area contributed by atoms with Crippen LogP contribution in [0.1, 0.15) is 110 Å². The highest BCUT2D eigenvalue weighted by atomic mass is 16.4. The third-order valence-corrected chi connectivity index (χ3v) is 6.38. The summed E-state index contributed by atoms with van der Waals surface area (Å²) in [4.78, 5) is 1.52. The Hall–Kier alpha value is -0.280. The summed E-state index contributed by atoms with van der Waals surface area (Å²) in [5, 5.41) is 57.9. The topological polar surface area (TPSA) is 125 Å². The number of aliphatic hydroxyl groups excluding tert-OH is 6. The molecule has 194 valence electrons. The van der Waals surface area contributed by atoms with Crippen LogP contribution in [0.15, 0.2) is 0 Å². The minimum absolute atomic E-state index is 0.0454. The first-order valence-electron chi connectivity index (χ1n) is 13.1. The number of hydrogen-bond acceptors (Lipinski definition) is 7. The second kappa shape index (κ2) is 21.3. The molecule has 1 unspecified atom stereocenters. The molecule has 0 saturated heterocycles. The normalized spacial score (nSPS) is 16.8. The lowest BCUT2D eigenvalue weighted by molar-refractivity contribution is -0.125. The van der Waals surface area contributed by atoms with Crippen LogP contribution in [0, 0.1) is 0 Å². The number of aliphatic hydroxyl groups is 6. The minimum atomic E-state index is -1.64. The zero-order valence-electron chi connectivity index (χ0n) is 20.7. The van der Waals surface area contributed by atoms with Crippen LogP contribution in [-0.4, -0.2) is 86.4 Å². The van der Waals surface area contributed by atoms with Gasteiger partial charge in [-0.1, -0.05) is 96.8 Å². The maximum absolute atomic E-state index is 10.2. The molecule has 0 bridgehead atoms. The summed E-state index contributed by atoms with van der Waals surface area (Å²) in [6.45, 7) is 1.51. The van der Waals surface area contributed by atoms with E-state index in [-0.39, 0.29) is 6.54 Å². The number of hydrogen-bond donors (Lipinski definition) is 6. The van der Waals surface area contributed by atoms with Gasteiger partial charge in [0.2, 0.25) is 0 Å². The van der Waals surface area contributed by atoms with Gasteiger partial charge in [0.1, 0.15) is 24.5 Å². The second-order valence-corrected chi connectivity index (χ2v) is 9.46. The van der Waals surface area contributed by atoms with Gasteiger partial charge in [-0.3, -0.25) is 4.90 Å². The molecule has 0 aliphatic heterocycles. The maximum atomic E-state index is 10.2. The van der Waals surface area contributed by atoms with Crippen molar-refractivity contribution in [3.05, 3.63) is 0 Å². The number of rotatable bonds is 23. The predicted molar refractivity (Wildman–Crippen MR) is 129 cm³/mol. The summed E-state index contributed by atoms with van der Waals surface area (Å²) in [5.41, 5.74) is 0. The molecule has 6 N–H and O–H groups in total.